The minimum atomic E-state index is 0.487. The predicted molar refractivity (Wildman–Crippen MR) is 76.5 cm³/mol. The van der Waals surface area contributed by atoms with E-state index in [0.29, 0.717) is 16.8 Å². The monoisotopic (exact) mass is 292 g/mol. The molecule has 1 saturated carbocycles. The third-order valence-corrected chi connectivity index (χ3v) is 4.27. The molecule has 0 unspecified atom stereocenters. The third kappa shape index (κ3) is 2.82. The topological polar surface area (TPSA) is 64.7 Å². The molecule has 2 aromatic heterocycles. The van der Waals surface area contributed by atoms with Crippen LogP contribution in [0.4, 0.5) is 5.82 Å². The van der Waals surface area contributed by atoms with Gasteiger partial charge in [0.1, 0.15) is 21.7 Å². The normalized spacial score (nSPS) is 14.6. The van der Waals surface area contributed by atoms with E-state index < -0.39 is 0 Å². The zero-order chi connectivity index (χ0) is 13.4. The molecule has 1 fully saturated rings. The molecule has 0 radical (unpaired) electrons. The molecule has 1 aliphatic rings. The number of anilines is 1. The molecular weight excluding hydrogens is 280 g/mol. The Labute approximate surface area is 120 Å². The van der Waals surface area contributed by atoms with Gasteiger partial charge in [0, 0.05) is 17.7 Å². The van der Waals surface area contributed by atoms with Gasteiger partial charge in [0.2, 0.25) is 0 Å². The summed E-state index contributed by atoms with van der Waals surface area (Å²) in [5.41, 5.74) is 6.87. The van der Waals surface area contributed by atoms with Gasteiger partial charge in [0.05, 0.1) is 5.02 Å². The summed E-state index contributed by atoms with van der Waals surface area (Å²) < 4.78 is 0. The quantitative estimate of drug-likeness (QED) is 0.878. The first-order valence-electron chi connectivity index (χ1n) is 6.07. The molecule has 2 aromatic rings. The Morgan fingerprint density at radius 3 is 2.74 bits per heavy atom. The maximum atomic E-state index is 5.96. The van der Waals surface area contributed by atoms with Crippen molar-refractivity contribution in [3.8, 4) is 0 Å². The lowest BCUT2D eigenvalue weighted by molar-refractivity contribution is 0.867. The van der Waals surface area contributed by atoms with Crippen LogP contribution in [0.25, 0.3) is 0 Å². The summed E-state index contributed by atoms with van der Waals surface area (Å²) in [6.07, 6.45) is 3.95. The van der Waals surface area contributed by atoms with Crippen LogP contribution in [0.2, 0.25) is 5.02 Å². The Hall–Kier alpha value is -1.33. The standard InChI is InChI=1S/C13H13ClN4S/c1-7-11(15)17-12(8-2-3-8)18-13(7)19-10-5-4-9(14)6-16-10/h4-6,8H,2-3H2,1H3,(H2,15,17,18). The van der Waals surface area contributed by atoms with Crippen LogP contribution < -0.4 is 5.73 Å². The van der Waals surface area contributed by atoms with E-state index >= 15 is 0 Å². The number of hydrogen-bond donors (Lipinski definition) is 1. The highest BCUT2D eigenvalue weighted by Gasteiger charge is 2.28. The summed E-state index contributed by atoms with van der Waals surface area (Å²) in [5.74, 6) is 1.91. The second-order valence-corrected chi connectivity index (χ2v) is 6.03. The number of aromatic nitrogens is 3. The van der Waals surface area contributed by atoms with Crippen molar-refractivity contribution < 1.29 is 0 Å². The van der Waals surface area contributed by atoms with Gasteiger partial charge in [-0.15, -0.1) is 0 Å². The van der Waals surface area contributed by atoms with Crippen molar-refractivity contribution >= 4 is 29.2 Å². The van der Waals surface area contributed by atoms with Gasteiger partial charge < -0.3 is 5.73 Å². The highest BCUT2D eigenvalue weighted by atomic mass is 35.5. The van der Waals surface area contributed by atoms with Crippen LogP contribution in [0.15, 0.2) is 28.4 Å². The smallest absolute Gasteiger partial charge is 0.135 e. The van der Waals surface area contributed by atoms with Gasteiger partial charge in [0.25, 0.3) is 0 Å². The van der Waals surface area contributed by atoms with Crippen molar-refractivity contribution in [3.05, 3.63) is 34.7 Å². The van der Waals surface area contributed by atoms with E-state index in [9.17, 15) is 0 Å². The van der Waals surface area contributed by atoms with E-state index in [2.05, 4.69) is 15.0 Å². The van der Waals surface area contributed by atoms with Gasteiger partial charge >= 0.3 is 0 Å². The van der Waals surface area contributed by atoms with E-state index in [4.69, 9.17) is 17.3 Å². The van der Waals surface area contributed by atoms with Gasteiger partial charge in [-0.1, -0.05) is 11.6 Å². The Morgan fingerprint density at radius 2 is 2.11 bits per heavy atom. The first kappa shape index (κ1) is 12.7. The lowest BCUT2D eigenvalue weighted by Crippen LogP contribution is -2.03. The zero-order valence-electron chi connectivity index (χ0n) is 10.4. The number of rotatable bonds is 3. The molecule has 0 spiro atoms. The maximum Gasteiger partial charge on any atom is 0.135 e. The average molecular weight is 293 g/mol. The van der Waals surface area contributed by atoms with Crippen molar-refractivity contribution in [2.45, 2.75) is 35.7 Å². The van der Waals surface area contributed by atoms with Crippen LogP contribution in [0.3, 0.4) is 0 Å². The molecule has 2 heterocycles. The number of nitrogens with two attached hydrogens (primary N) is 1. The zero-order valence-corrected chi connectivity index (χ0v) is 12.0. The van der Waals surface area contributed by atoms with Crippen LogP contribution in [-0.4, -0.2) is 15.0 Å². The first-order valence-corrected chi connectivity index (χ1v) is 7.26. The Balaban J connectivity index is 1.92. The molecule has 2 N–H and O–H groups in total. The van der Waals surface area contributed by atoms with Crippen LogP contribution in [0, 0.1) is 6.92 Å². The van der Waals surface area contributed by atoms with Crippen LogP contribution >= 0.6 is 23.4 Å². The van der Waals surface area contributed by atoms with Crippen LogP contribution in [0.5, 0.6) is 0 Å². The van der Waals surface area contributed by atoms with Crippen molar-refractivity contribution in [2.75, 3.05) is 5.73 Å². The van der Waals surface area contributed by atoms with E-state index in [1.54, 1.807) is 6.20 Å². The molecule has 19 heavy (non-hydrogen) atoms. The lowest BCUT2D eigenvalue weighted by Gasteiger charge is -2.08. The Morgan fingerprint density at radius 1 is 1.32 bits per heavy atom. The molecule has 4 nitrogen and oxygen atoms in total. The van der Waals surface area contributed by atoms with E-state index in [1.165, 1.54) is 11.8 Å². The largest absolute Gasteiger partial charge is 0.383 e. The van der Waals surface area contributed by atoms with Gasteiger partial charge in [-0.3, -0.25) is 0 Å². The minimum Gasteiger partial charge on any atom is -0.383 e. The summed E-state index contributed by atoms with van der Waals surface area (Å²) in [6, 6.07) is 3.69. The average Bonchev–Trinajstić information content (AvgIpc) is 3.21. The maximum absolute atomic E-state index is 5.96. The SMILES string of the molecule is Cc1c(N)nc(C2CC2)nc1Sc1ccc(Cl)cn1. The number of nitrogen functional groups attached to an aromatic ring is 1. The first-order chi connectivity index (χ1) is 9.13. The summed E-state index contributed by atoms with van der Waals surface area (Å²) in [6.45, 7) is 1.93. The number of hydrogen-bond acceptors (Lipinski definition) is 5. The second-order valence-electron chi connectivity index (χ2n) is 4.59. The van der Waals surface area contributed by atoms with Crippen molar-refractivity contribution in [1.29, 1.82) is 0 Å². The molecule has 3 rings (SSSR count). The van der Waals surface area contributed by atoms with E-state index in [-0.39, 0.29) is 0 Å². The van der Waals surface area contributed by atoms with Gasteiger partial charge in [0.15, 0.2) is 0 Å². The molecule has 98 valence electrons. The molecule has 0 atom stereocenters. The summed E-state index contributed by atoms with van der Waals surface area (Å²) in [4.78, 5) is 13.2. The highest BCUT2D eigenvalue weighted by Crippen LogP contribution is 2.40. The van der Waals surface area contributed by atoms with Gasteiger partial charge in [-0.05, 0) is 43.7 Å². The molecule has 0 aromatic carbocycles. The molecule has 0 saturated heterocycles. The summed E-state index contributed by atoms with van der Waals surface area (Å²) >= 11 is 7.32. The highest BCUT2D eigenvalue weighted by molar-refractivity contribution is 7.99. The van der Waals surface area contributed by atoms with Crippen molar-refractivity contribution in [2.24, 2.45) is 0 Å². The van der Waals surface area contributed by atoms with Crippen LogP contribution in [0.1, 0.15) is 30.1 Å². The molecule has 0 amide bonds. The summed E-state index contributed by atoms with van der Waals surface area (Å²) in [5, 5.41) is 2.36. The molecular formula is C13H13ClN4S. The number of pyridine rings is 1. The Kier molecular flexibility index (Phi) is 3.33. The molecule has 0 bridgehead atoms. The van der Waals surface area contributed by atoms with E-state index in [0.717, 1.165) is 34.3 Å². The molecule has 1 aliphatic carbocycles. The molecule has 0 aliphatic heterocycles. The Bertz CT molecular complexity index is 611. The summed E-state index contributed by atoms with van der Waals surface area (Å²) in [7, 11) is 0. The van der Waals surface area contributed by atoms with Gasteiger partial charge in [-0.2, -0.15) is 0 Å². The van der Waals surface area contributed by atoms with E-state index in [1.807, 2.05) is 19.1 Å². The molecule has 6 heteroatoms. The van der Waals surface area contributed by atoms with Gasteiger partial charge in [-0.25, -0.2) is 15.0 Å². The third-order valence-electron chi connectivity index (χ3n) is 3.00. The minimum absolute atomic E-state index is 0.487. The van der Waals surface area contributed by atoms with Crippen molar-refractivity contribution in [1.82, 2.24) is 15.0 Å². The fraction of sp³-hybridized carbons (Fsp3) is 0.308. The lowest BCUT2D eigenvalue weighted by atomic mass is 10.3. The fourth-order valence-electron chi connectivity index (χ4n) is 1.67. The number of halogens is 1. The number of nitrogens with zero attached hydrogens (tertiary/aromatic N) is 3. The second kappa shape index (κ2) is 4.98. The predicted octanol–water partition coefficient (Wildman–Crippen LogP) is 3.44. The van der Waals surface area contributed by atoms with Crippen LogP contribution in [-0.2, 0) is 0 Å². The fourth-order valence-corrected chi connectivity index (χ4v) is 2.62. The van der Waals surface area contributed by atoms with Crippen molar-refractivity contribution in [3.63, 3.8) is 0 Å².